The molecule has 0 spiro atoms. The zero-order chi connectivity index (χ0) is 17.8. The Balaban J connectivity index is 1.73. The molecule has 1 aliphatic rings. The van der Waals surface area contributed by atoms with E-state index in [1.165, 1.54) is 4.90 Å². The number of carbonyl (C=O) groups excluding carboxylic acids is 2. The lowest BCUT2D eigenvalue weighted by Crippen LogP contribution is -2.45. The van der Waals surface area contributed by atoms with Crippen LogP contribution in [0.1, 0.15) is 23.9 Å². The van der Waals surface area contributed by atoms with E-state index in [0.29, 0.717) is 25.3 Å². The number of nitrogens with one attached hydrogen (secondary N) is 1. The third-order valence-corrected chi connectivity index (χ3v) is 4.00. The second-order valence-corrected chi connectivity index (χ2v) is 5.90. The first-order valence-corrected chi connectivity index (χ1v) is 8.25. The standard InChI is InChI=1S/C18H21N3O4/c1-2-20-17(22)14-10-12(19)11-21(14)18(23)15-8-9-16(25-15)24-13-6-4-3-5-7-13/h3-9,12,14H,2,10-11,19H2,1H3,(H,20,22)/t12-,14+/m1/s1. The molecule has 2 aromatic rings. The summed E-state index contributed by atoms with van der Waals surface area (Å²) in [7, 11) is 0. The van der Waals surface area contributed by atoms with Gasteiger partial charge in [-0.2, -0.15) is 0 Å². The average Bonchev–Trinajstić information content (AvgIpc) is 3.22. The van der Waals surface area contributed by atoms with Gasteiger partial charge in [0.1, 0.15) is 11.8 Å². The average molecular weight is 343 g/mol. The van der Waals surface area contributed by atoms with Crippen LogP contribution in [-0.4, -0.2) is 41.9 Å². The molecule has 0 bridgehead atoms. The van der Waals surface area contributed by atoms with Gasteiger partial charge >= 0.3 is 0 Å². The fourth-order valence-electron chi connectivity index (χ4n) is 2.87. The normalized spacial score (nSPS) is 19.7. The number of benzene rings is 1. The second-order valence-electron chi connectivity index (χ2n) is 5.90. The quantitative estimate of drug-likeness (QED) is 0.862. The summed E-state index contributed by atoms with van der Waals surface area (Å²) in [5.41, 5.74) is 5.94. The van der Waals surface area contributed by atoms with E-state index in [-0.39, 0.29) is 29.6 Å². The lowest BCUT2D eigenvalue weighted by atomic mass is 10.1. The summed E-state index contributed by atoms with van der Waals surface area (Å²) in [6.07, 6.45) is 0.436. The minimum absolute atomic E-state index is 0.120. The van der Waals surface area contributed by atoms with E-state index in [0.717, 1.165) is 0 Å². The molecule has 1 aromatic carbocycles. The van der Waals surface area contributed by atoms with Gasteiger partial charge in [-0.1, -0.05) is 18.2 Å². The van der Waals surface area contributed by atoms with Crippen LogP contribution < -0.4 is 15.8 Å². The molecular weight excluding hydrogens is 322 g/mol. The molecule has 1 saturated heterocycles. The van der Waals surface area contributed by atoms with Crippen molar-refractivity contribution in [2.75, 3.05) is 13.1 Å². The van der Waals surface area contributed by atoms with Gasteiger partial charge in [-0.15, -0.1) is 0 Å². The van der Waals surface area contributed by atoms with Crippen molar-refractivity contribution in [3.63, 3.8) is 0 Å². The maximum atomic E-state index is 12.7. The third-order valence-electron chi connectivity index (χ3n) is 4.00. The molecule has 132 valence electrons. The van der Waals surface area contributed by atoms with Gasteiger partial charge in [0.25, 0.3) is 11.9 Å². The van der Waals surface area contributed by atoms with Crippen LogP contribution in [0.3, 0.4) is 0 Å². The first-order valence-electron chi connectivity index (χ1n) is 8.25. The van der Waals surface area contributed by atoms with E-state index in [1.54, 1.807) is 24.3 Å². The zero-order valence-corrected chi connectivity index (χ0v) is 14.0. The molecule has 2 atom stereocenters. The van der Waals surface area contributed by atoms with Gasteiger partial charge in [-0.3, -0.25) is 9.59 Å². The molecule has 0 radical (unpaired) electrons. The third kappa shape index (κ3) is 3.83. The van der Waals surface area contributed by atoms with Gasteiger partial charge in [0.15, 0.2) is 5.76 Å². The largest absolute Gasteiger partial charge is 0.426 e. The summed E-state index contributed by atoms with van der Waals surface area (Å²) in [4.78, 5) is 26.3. The molecule has 7 heteroatoms. The number of amides is 2. The van der Waals surface area contributed by atoms with Crippen molar-refractivity contribution in [1.82, 2.24) is 10.2 Å². The molecule has 3 N–H and O–H groups in total. The van der Waals surface area contributed by atoms with Gasteiger partial charge < -0.3 is 25.1 Å². The predicted molar refractivity (Wildman–Crippen MR) is 91.3 cm³/mol. The van der Waals surface area contributed by atoms with Crippen LogP contribution in [0.15, 0.2) is 46.9 Å². The van der Waals surface area contributed by atoms with E-state index in [2.05, 4.69) is 5.32 Å². The van der Waals surface area contributed by atoms with Crippen LogP contribution in [0.25, 0.3) is 0 Å². The summed E-state index contributed by atoms with van der Waals surface area (Å²) in [5.74, 6) is 0.379. The highest BCUT2D eigenvalue weighted by Gasteiger charge is 2.39. The molecule has 3 rings (SSSR count). The summed E-state index contributed by atoms with van der Waals surface area (Å²) < 4.78 is 11.1. The van der Waals surface area contributed by atoms with Crippen molar-refractivity contribution < 1.29 is 18.7 Å². The highest BCUT2D eigenvalue weighted by Crippen LogP contribution is 2.26. The highest BCUT2D eigenvalue weighted by molar-refractivity contribution is 5.96. The molecule has 0 unspecified atom stereocenters. The van der Waals surface area contributed by atoms with Crippen LogP contribution in [-0.2, 0) is 4.79 Å². The molecule has 1 aliphatic heterocycles. The molecule has 1 fully saturated rings. The lowest BCUT2D eigenvalue weighted by molar-refractivity contribution is -0.124. The van der Waals surface area contributed by atoms with Crippen LogP contribution in [0, 0.1) is 0 Å². The number of ether oxygens (including phenoxy) is 1. The molecular formula is C18H21N3O4. The summed E-state index contributed by atoms with van der Waals surface area (Å²) >= 11 is 0. The van der Waals surface area contributed by atoms with E-state index < -0.39 is 6.04 Å². The van der Waals surface area contributed by atoms with Gasteiger partial charge in [-0.05, 0) is 31.5 Å². The second kappa shape index (κ2) is 7.40. The molecule has 0 saturated carbocycles. The topological polar surface area (TPSA) is 97.8 Å². The van der Waals surface area contributed by atoms with Crippen molar-refractivity contribution in [3.05, 3.63) is 48.2 Å². The molecule has 0 aliphatic carbocycles. The van der Waals surface area contributed by atoms with Gasteiger partial charge in [0, 0.05) is 25.2 Å². The van der Waals surface area contributed by atoms with E-state index in [1.807, 2.05) is 25.1 Å². The van der Waals surface area contributed by atoms with Crippen LogP contribution in [0.4, 0.5) is 0 Å². The summed E-state index contributed by atoms with van der Waals surface area (Å²) in [6.45, 7) is 2.65. The number of para-hydroxylation sites is 1. The minimum Gasteiger partial charge on any atom is -0.426 e. The number of rotatable bonds is 5. The molecule has 2 heterocycles. The van der Waals surface area contributed by atoms with E-state index >= 15 is 0 Å². The Morgan fingerprint density at radius 1 is 1.28 bits per heavy atom. The lowest BCUT2D eigenvalue weighted by Gasteiger charge is -2.22. The number of carbonyl (C=O) groups is 2. The Morgan fingerprint density at radius 3 is 2.76 bits per heavy atom. The number of nitrogens with two attached hydrogens (primary N) is 1. The van der Waals surface area contributed by atoms with E-state index in [4.69, 9.17) is 14.9 Å². The molecule has 2 amide bonds. The highest BCUT2D eigenvalue weighted by atomic mass is 16.6. The van der Waals surface area contributed by atoms with Gasteiger partial charge in [-0.25, -0.2) is 0 Å². The maximum Gasteiger partial charge on any atom is 0.290 e. The Morgan fingerprint density at radius 2 is 2.04 bits per heavy atom. The van der Waals surface area contributed by atoms with Gasteiger partial charge in [0.05, 0.1) is 0 Å². The zero-order valence-electron chi connectivity index (χ0n) is 14.0. The Kier molecular flexibility index (Phi) is 5.04. The summed E-state index contributed by atoms with van der Waals surface area (Å²) in [5, 5.41) is 2.74. The fraction of sp³-hybridized carbons (Fsp3) is 0.333. The van der Waals surface area contributed by atoms with Crippen molar-refractivity contribution >= 4 is 11.8 Å². The van der Waals surface area contributed by atoms with Crippen molar-refractivity contribution in [3.8, 4) is 11.7 Å². The number of nitrogens with zero attached hydrogens (tertiary/aromatic N) is 1. The first kappa shape index (κ1) is 17.0. The minimum atomic E-state index is -0.578. The molecule has 1 aromatic heterocycles. The molecule has 7 nitrogen and oxygen atoms in total. The Bertz CT molecular complexity index is 744. The predicted octanol–water partition coefficient (Wildman–Crippen LogP) is 1.75. The first-order chi connectivity index (χ1) is 12.1. The number of likely N-dealkylation sites (N-methyl/N-ethyl adjacent to an activating group) is 1. The Labute approximate surface area is 145 Å². The number of hydrogen-bond donors (Lipinski definition) is 2. The molecule has 25 heavy (non-hydrogen) atoms. The van der Waals surface area contributed by atoms with Crippen LogP contribution in [0.2, 0.25) is 0 Å². The van der Waals surface area contributed by atoms with Crippen LogP contribution >= 0.6 is 0 Å². The van der Waals surface area contributed by atoms with Crippen molar-refractivity contribution in [1.29, 1.82) is 0 Å². The van der Waals surface area contributed by atoms with Gasteiger partial charge in [0.2, 0.25) is 5.91 Å². The van der Waals surface area contributed by atoms with E-state index in [9.17, 15) is 9.59 Å². The Hall–Kier alpha value is -2.80. The monoisotopic (exact) mass is 343 g/mol. The van der Waals surface area contributed by atoms with Crippen molar-refractivity contribution in [2.24, 2.45) is 5.73 Å². The summed E-state index contributed by atoms with van der Waals surface area (Å²) in [6, 6.07) is 11.4. The number of likely N-dealkylation sites (tertiary alicyclic amines) is 1. The number of furan rings is 1. The number of hydrogen-bond acceptors (Lipinski definition) is 5. The smallest absolute Gasteiger partial charge is 0.290 e. The maximum absolute atomic E-state index is 12.7. The SMILES string of the molecule is CCNC(=O)[C@@H]1C[C@@H](N)CN1C(=O)c1ccc(Oc2ccccc2)o1. The fourth-order valence-corrected chi connectivity index (χ4v) is 2.87. The van der Waals surface area contributed by atoms with Crippen molar-refractivity contribution in [2.45, 2.75) is 25.4 Å². The van der Waals surface area contributed by atoms with Crippen LogP contribution in [0.5, 0.6) is 11.7 Å².